The lowest BCUT2D eigenvalue weighted by Gasteiger charge is -2.25. The Morgan fingerprint density at radius 1 is 0.958 bits per heavy atom. The predicted octanol–water partition coefficient (Wildman–Crippen LogP) is 5.53. The lowest BCUT2D eigenvalue weighted by atomic mass is 9.90. The molecule has 1 aromatic heterocycles. The van der Waals surface area contributed by atoms with Crippen LogP contribution in [0.2, 0.25) is 0 Å². The zero-order valence-corrected chi connectivity index (χ0v) is 27.5. The van der Waals surface area contributed by atoms with E-state index in [-0.39, 0.29) is 30.6 Å². The second-order valence-electron chi connectivity index (χ2n) is 12.0. The number of nitrogens with zero attached hydrogens (tertiary/aromatic N) is 2. The van der Waals surface area contributed by atoms with Crippen LogP contribution in [0.15, 0.2) is 41.2 Å². The Hall–Kier alpha value is -4.59. The number of benzene rings is 2. The van der Waals surface area contributed by atoms with Gasteiger partial charge in [0, 0.05) is 18.7 Å². The Bertz CT molecular complexity index is 1730. The number of amides is 2. The largest absolute Gasteiger partial charge is 0.481 e. The molecule has 14 heteroatoms. The number of hydrogen-bond acceptors (Lipinski definition) is 5. The highest BCUT2D eigenvalue weighted by Crippen LogP contribution is 2.34. The molecular formula is C34H39F5N4O5. The molecule has 2 aromatic carbocycles. The highest BCUT2D eigenvalue weighted by Gasteiger charge is 2.36. The number of rotatable bonds is 13. The molecule has 0 bridgehead atoms. The van der Waals surface area contributed by atoms with E-state index in [4.69, 9.17) is 0 Å². The van der Waals surface area contributed by atoms with Gasteiger partial charge in [-0.05, 0) is 106 Å². The topological polar surface area (TPSA) is 121 Å². The lowest BCUT2D eigenvalue weighted by Crippen LogP contribution is -2.49. The predicted molar refractivity (Wildman–Crippen MR) is 170 cm³/mol. The van der Waals surface area contributed by atoms with E-state index in [9.17, 15) is 41.8 Å². The summed E-state index contributed by atoms with van der Waals surface area (Å²) in [6.45, 7) is 6.20. The van der Waals surface area contributed by atoms with E-state index < -0.39 is 70.9 Å². The number of carbonyl (C=O) groups is 3. The van der Waals surface area contributed by atoms with Gasteiger partial charge in [-0.2, -0.15) is 13.2 Å². The van der Waals surface area contributed by atoms with Crippen molar-refractivity contribution in [2.24, 2.45) is 0 Å². The van der Waals surface area contributed by atoms with Gasteiger partial charge in [0.05, 0.1) is 12.5 Å². The zero-order valence-electron chi connectivity index (χ0n) is 27.5. The van der Waals surface area contributed by atoms with Crippen molar-refractivity contribution < 1.29 is 41.4 Å². The standard InChI is InChI=1S/C34H39F5N4O5/c1-7-8-25(40-31(46)23-9-10-27(34(37,38)39)43(33(23)48)12-11-42(5)6)32(47)41-26(17-28(44)45)24-16-21(13-20(4)30(24)36)29-18(2)14-22(35)15-19(29)3/h9-10,13-16,25-26H,7-8,11-12,17H2,1-6H3,(H,40,46)(H,41,47)(H,44,45)/t25-,26-/m0/s1. The van der Waals surface area contributed by atoms with Crippen molar-refractivity contribution in [2.45, 2.75) is 71.8 Å². The number of aliphatic carboxylic acids is 1. The third-order valence-corrected chi connectivity index (χ3v) is 7.82. The van der Waals surface area contributed by atoms with E-state index in [1.54, 1.807) is 39.8 Å². The second-order valence-corrected chi connectivity index (χ2v) is 12.0. The van der Waals surface area contributed by atoms with Crippen LogP contribution in [0.1, 0.15) is 70.5 Å². The average molecular weight is 679 g/mol. The highest BCUT2D eigenvalue weighted by molar-refractivity contribution is 5.97. The van der Waals surface area contributed by atoms with Gasteiger partial charge in [0.15, 0.2) is 0 Å². The Balaban J connectivity index is 1.99. The molecule has 0 aliphatic carbocycles. The molecule has 1 heterocycles. The number of likely N-dealkylation sites (N-methyl/N-ethyl adjacent to an activating group) is 1. The summed E-state index contributed by atoms with van der Waals surface area (Å²) in [7, 11) is 3.21. The summed E-state index contributed by atoms with van der Waals surface area (Å²) in [4.78, 5) is 53.4. The van der Waals surface area contributed by atoms with Crippen molar-refractivity contribution in [2.75, 3.05) is 20.6 Å². The maximum absolute atomic E-state index is 15.6. The molecule has 3 N–H and O–H groups in total. The SMILES string of the molecule is CCC[C@H](NC(=O)c1ccc(C(F)(F)F)n(CCN(C)C)c1=O)C(=O)N[C@@H](CC(=O)O)c1cc(-c2c(C)cc(F)cc2C)cc(C)c1F. The summed E-state index contributed by atoms with van der Waals surface area (Å²) in [5, 5.41) is 14.6. The van der Waals surface area contributed by atoms with Crippen LogP contribution in [0.3, 0.4) is 0 Å². The van der Waals surface area contributed by atoms with E-state index in [0.717, 1.165) is 6.07 Å². The Labute approximate surface area is 274 Å². The number of aryl methyl sites for hydroxylation is 3. The third kappa shape index (κ3) is 9.06. The summed E-state index contributed by atoms with van der Waals surface area (Å²) >= 11 is 0. The first kappa shape index (κ1) is 37.9. The summed E-state index contributed by atoms with van der Waals surface area (Å²) < 4.78 is 71.1. The van der Waals surface area contributed by atoms with Gasteiger partial charge in [-0.3, -0.25) is 19.2 Å². The van der Waals surface area contributed by atoms with E-state index in [1.165, 1.54) is 31.2 Å². The molecule has 9 nitrogen and oxygen atoms in total. The summed E-state index contributed by atoms with van der Waals surface area (Å²) in [5.41, 5.74) is -0.910. The quantitative estimate of drug-likeness (QED) is 0.205. The number of hydrogen-bond donors (Lipinski definition) is 3. The number of nitrogens with one attached hydrogen (secondary N) is 2. The molecule has 2 amide bonds. The number of halogens is 5. The van der Waals surface area contributed by atoms with Crippen LogP contribution in [0, 0.1) is 32.4 Å². The van der Waals surface area contributed by atoms with Crippen molar-refractivity contribution in [3.05, 3.63) is 91.9 Å². The van der Waals surface area contributed by atoms with Gasteiger partial charge in [0.2, 0.25) is 5.91 Å². The minimum atomic E-state index is -4.87. The van der Waals surface area contributed by atoms with Crippen LogP contribution < -0.4 is 16.2 Å². The molecule has 0 radical (unpaired) electrons. The Morgan fingerprint density at radius 2 is 1.58 bits per heavy atom. The number of pyridine rings is 1. The van der Waals surface area contributed by atoms with Crippen molar-refractivity contribution in [1.29, 1.82) is 0 Å². The number of carboxylic acids is 1. The van der Waals surface area contributed by atoms with E-state index in [1.807, 2.05) is 0 Å². The third-order valence-electron chi connectivity index (χ3n) is 7.82. The van der Waals surface area contributed by atoms with Crippen molar-refractivity contribution in [3.8, 4) is 11.1 Å². The Kier molecular flexibility index (Phi) is 12.3. The molecule has 48 heavy (non-hydrogen) atoms. The van der Waals surface area contributed by atoms with Gasteiger partial charge in [-0.1, -0.05) is 13.3 Å². The van der Waals surface area contributed by atoms with Crippen LogP contribution >= 0.6 is 0 Å². The van der Waals surface area contributed by atoms with Crippen LogP contribution in [0.25, 0.3) is 11.1 Å². The second kappa shape index (κ2) is 15.5. The normalized spacial score (nSPS) is 12.9. The number of aromatic nitrogens is 1. The number of carbonyl (C=O) groups excluding carboxylic acids is 2. The first-order chi connectivity index (χ1) is 22.3. The molecule has 0 saturated carbocycles. The van der Waals surface area contributed by atoms with Gasteiger partial charge in [0.1, 0.15) is 28.9 Å². The van der Waals surface area contributed by atoms with Gasteiger partial charge >= 0.3 is 12.1 Å². The summed E-state index contributed by atoms with van der Waals surface area (Å²) in [6.07, 6.45) is -5.28. The maximum atomic E-state index is 15.6. The fourth-order valence-corrected chi connectivity index (χ4v) is 5.56. The molecule has 0 fully saturated rings. The minimum Gasteiger partial charge on any atom is -0.481 e. The first-order valence-electron chi connectivity index (χ1n) is 15.2. The molecule has 0 aliphatic rings. The van der Waals surface area contributed by atoms with Crippen molar-refractivity contribution in [3.63, 3.8) is 0 Å². The molecular weight excluding hydrogens is 639 g/mol. The van der Waals surface area contributed by atoms with E-state index >= 15 is 4.39 Å². The smallest absolute Gasteiger partial charge is 0.431 e. The molecule has 0 saturated heterocycles. The van der Waals surface area contributed by atoms with Gasteiger partial charge < -0.3 is 25.2 Å². The fraction of sp³-hybridized carbons (Fsp3) is 0.412. The van der Waals surface area contributed by atoms with Crippen LogP contribution in [0.5, 0.6) is 0 Å². The van der Waals surface area contributed by atoms with Gasteiger partial charge in [-0.25, -0.2) is 8.78 Å². The molecule has 0 unspecified atom stereocenters. The molecule has 2 atom stereocenters. The van der Waals surface area contributed by atoms with Gasteiger partial charge in [-0.15, -0.1) is 0 Å². The molecule has 0 spiro atoms. The average Bonchev–Trinajstić information content (AvgIpc) is 2.96. The molecule has 3 rings (SSSR count). The van der Waals surface area contributed by atoms with Crippen LogP contribution in [-0.2, 0) is 22.3 Å². The summed E-state index contributed by atoms with van der Waals surface area (Å²) in [5.74, 6) is -4.61. The van der Waals surface area contributed by atoms with Crippen LogP contribution in [0.4, 0.5) is 22.0 Å². The molecule has 3 aromatic rings. The number of alkyl halides is 3. The highest BCUT2D eigenvalue weighted by atomic mass is 19.4. The molecule has 260 valence electrons. The fourth-order valence-electron chi connectivity index (χ4n) is 5.56. The molecule has 0 aliphatic heterocycles. The van der Waals surface area contributed by atoms with Crippen LogP contribution in [-0.4, -0.2) is 59.0 Å². The monoisotopic (exact) mass is 678 g/mol. The maximum Gasteiger partial charge on any atom is 0.431 e. The zero-order chi connectivity index (χ0) is 36.1. The van der Waals surface area contributed by atoms with E-state index in [2.05, 4.69) is 10.6 Å². The van der Waals surface area contributed by atoms with Crippen molar-refractivity contribution in [1.82, 2.24) is 20.1 Å². The van der Waals surface area contributed by atoms with E-state index in [0.29, 0.717) is 39.3 Å². The minimum absolute atomic E-state index is 0.00232. The Morgan fingerprint density at radius 3 is 2.12 bits per heavy atom. The summed E-state index contributed by atoms with van der Waals surface area (Å²) in [6, 6.07) is 4.11. The number of carboxylic acid groups (broad SMARTS) is 1. The van der Waals surface area contributed by atoms with Crippen molar-refractivity contribution >= 4 is 17.8 Å². The lowest BCUT2D eigenvalue weighted by molar-refractivity contribution is -0.144. The van der Waals surface area contributed by atoms with Gasteiger partial charge in [0.25, 0.3) is 11.5 Å². The first-order valence-corrected chi connectivity index (χ1v) is 15.2.